The number of carbonyl (C=O) groups is 1. The minimum absolute atomic E-state index is 0.0117. The van der Waals surface area contributed by atoms with Crippen LogP contribution in [0.25, 0.3) is 6.08 Å². The predicted molar refractivity (Wildman–Crippen MR) is 65.0 cm³/mol. The molecule has 1 aromatic carbocycles. The Bertz CT molecular complexity index is 490. The fraction of sp³-hybridized carbons (Fsp3) is 0.308. The maximum atomic E-state index is 10.6. The Morgan fingerprint density at radius 3 is 2.67 bits per heavy atom. The maximum Gasteiger partial charge on any atom is 0.328 e. The van der Waals surface area contributed by atoms with E-state index >= 15 is 0 Å². The van der Waals surface area contributed by atoms with Gasteiger partial charge in [-0.3, -0.25) is 0 Å². The molecule has 1 heterocycles. The highest BCUT2D eigenvalue weighted by Crippen LogP contribution is 2.39. The maximum absolute atomic E-state index is 10.6. The quantitative estimate of drug-likeness (QED) is 0.830. The first-order valence-electron chi connectivity index (χ1n) is 5.57. The van der Waals surface area contributed by atoms with Gasteiger partial charge in [0.1, 0.15) is 5.75 Å². The van der Waals surface area contributed by atoms with Gasteiger partial charge in [-0.1, -0.05) is 0 Å². The van der Waals surface area contributed by atoms with Gasteiger partial charge >= 0.3 is 5.97 Å². The van der Waals surface area contributed by atoms with Crippen molar-refractivity contribution in [2.24, 2.45) is 0 Å². The van der Waals surface area contributed by atoms with Crippen LogP contribution in [0, 0.1) is 0 Å². The van der Waals surface area contributed by atoms with E-state index in [2.05, 4.69) is 0 Å². The Hall–Kier alpha value is -2.17. The normalized spacial score (nSPS) is 13.3. The van der Waals surface area contributed by atoms with Gasteiger partial charge in [0.15, 0.2) is 11.5 Å². The molecule has 2 rings (SSSR count). The largest absolute Gasteiger partial charge is 0.490 e. The number of aliphatic carboxylic acids is 1. The third-order valence-electron chi connectivity index (χ3n) is 2.27. The second-order valence-electron chi connectivity index (χ2n) is 4.08. The summed E-state index contributed by atoms with van der Waals surface area (Å²) in [5, 5.41) is 8.66. The summed E-state index contributed by atoms with van der Waals surface area (Å²) in [6.07, 6.45) is 2.52. The van der Waals surface area contributed by atoms with Gasteiger partial charge in [-0.25, -0.2) is 4.79 Å². The summed E-state index contributed by atoms with van der Waals surface area (Å²) in [5.74, 6) is 0.768. The average molecular weight is 250 g/mol. The van der Waals surface area contributed by atoms with Gasteiger partial charge in [0.25, 0.3) is 0 Å². The van der Waals surface area contributed by atoms with E-state index in [9.17, 15) is 4.79 Å². The fourth-order valence-electron chi connectivity index (χ4n) is 1.59. The Balaban J connectivity index is 2.38. The van der Waals surface area contributed by atoms with E-state index in [4.69, 9.17) is 19.3 Å². The molecule has 5 nitrogen and oxygen atoms in total. The van der Waals surface area contributed by atoms with Crippen molar-refractivity contribution in [1.82, 2.24) is 0 Å². The molecular formula is C13H14O5. The van der Waals surface area contributed by atoms with Crippen LogP contribution < -0.4 is 14.2 Å². The molecule has 0 spiro atoms. The van der Waals surface area contributed by atoms with Gasteiger partial charge in [0, 0.05) is 17.7 Å². The number of ether oxygens (including phenoxy) is 3. The molecule has 0 aromatic heterocycles. The summed E-state index contributed by atoms with van der Waals surface area (Å²) in [6, 6.07) is 3.42. The lowest BCUT2D eigenvalue weighted by Gasteiger charge is -2.13. The van der Waals surface area contributed by atoms with E-state index in [1.165, 1.54) is 6.08 Å². The van der Waals surface area contributed by atoms with Crippen LogP contribution >= 0.6 is 0 Å². The van der Waals surface area contributed by atoms with Gasteiger partial charge in [-0.15, -0.1) is 0 Å². The molecule has 0 radical (unpaired) electrons. The molecule has 0 aliphatic carbocycles. The lowest BCUT2D eigenvalue weighted by atomic mass is 10.1. The minimum Gasteiger partial charge on any atom is -0.490 e. The monoisotopic (exact) mass is 250 g/mol. The van der Waals surface area contributed by atoms with Crippen LogP contribution in [0.1, 0.15) is 19.4 Å². The zero-order valence-electron chi connectivity index (χ0n) is 10.2. The number of hydrogen-bond acceptors (Lipinski definition) is 4. The van der Waals surface area contributed by atoms with Gasteiger partial charge in [0.05, 0.1) is 6.10 Å². The molecule has 5 heteroatoms. The van der Waals surface area contributed by atoms with Crippen molar-refractivity contribution in [1.29, 1.82) is 0 Å². The third kappa shape index (κ3) is 2.74. The summed E-state index contributed by atoms with van der Waals surface area (Å²) in [4.78, 5) is 10.6. The SMILES string of the molecule is CC(C)Oc1cc2c(cc1C=CC(=O)O)OCO2. The second kappa shape index (κ2) is 5.00. The standard InChI is InChI=1S/C13H14O5/c1-8(2)18-10-6-12-11(16-7-17-12)5-9(10)3-4-13(14)15/h3-6,8H,7H2,1-2H3,(H,14,15). The molecule has 18 heavy (non-hydrogen) atoms. The summed E-state index contributed by atoms with van der Waals surface area (Å²) in [5.41, 5.74) is 0.648. The Labute approximate surface area is 105 Å². The van der Waals surface area contributed by atoms with Gasteiger partial charge < -0.3 is 19.3 Å². The molecular weight excluding hydrogens is 236 g/mol. The molecule has 1 aromatic rings. The number of carboxylic acids is 1. The average Bonchev–Trinajstić information content (AvgIpc) is 2.71. The van der Waals surface area contributed by atoms with Gasteiger partial charge in [-0.05, 0) is 26.0 Å². The summed E-state index contributed by atoms with van der Waals surface area (Å²) in [7, 11) is 0. The number of fused-ring (bicyclic) bond motifs is 1. The summed E-state index contributed by atoms with van der Waals surface area (Å²) in [6.45, 7) is 3.97. The first-order chi connectivity index (χ1) is 8.56. The molecule has 0 saturated carbocycles. The van der Waals surface area contributed by atoms with E-state index in [0.717, 1.165) is 6.08 Å². The van der Waals surface area contributed by atoms with Crippen molar-refractivity contribution in [3.8, 4) is 17.2 Å². The number of rotatable bonds is 4. The fourth-order valence-corrected chi connectivity index (χ4v) is 1.59. The number of benzene rings is 1. The summed E-state index contributed by atoms with van der Waals surface area (Å²) < 4.78 is 16.1. The molecule has 0 atom stereocenters. The van der Waals surface area contributed by atoms with Gasteiger partial charge in [-0.2, -0.15) is 0 Å². The minimum atomic E-state index is -1.01. The number of hydrogen-bond donors (Lipinski definition) is 1. The van der Waals surface area contributed by atoms with Crippen molar-refractivity contribution in [2.45, 2.75) is 20.0 Å². The molecule has 0 fully saturated rings. The van der Waals surface area contributed by atoms with Crippen LogP contribution in [0.5, 0.6) is 17.2 Å². The Morgan fingerprint density at radius 2 is 2.06 bits per heavy atom. The third-order valence-corrected chi connectivity index (χ3v) is 2.27. The molecule has 0 bridgehead atoms. The Morgan fingerprint density at radius 1 is 1.39 bits per heavy atom. The first kappa shape index (κ1) is 12.3. The van der Waals surface area contributed by atoms with Crippen molar-refractivity contribution >= 4 is 12.0 Å². The molecule has 1 aliphatic heterocycles. The second-order valence-corrected chi connectivity index (χ2v) is 4.08. The zero-order valence-corrected chi connectivity index (χ0v) is 10.2. The van der Waals surface area contributed by atoms with E-state index < -0.39 is 5.97 Å². The van der Waals surface area contributed by atoms with Crippen LogP contribution in [0.15, 0.2) is 18.2 Å². The molecule has 0 unspecified atom stereocenters. The van der Waals surface area contributed by atoms with Crippen LogP contribution in [0.4, 0.5) is 0 Å². The Kier molecular flexibility index (Phi) is 3.41. The van der Waals surface area contributed by atoms with Crippen LogP contribution in [0.2, 0.25) is 0 Å². The number of carboxylic acid groups (broad SMARTS) is 1. The highest BCUT2D eigenvalue weighted by molar-refractivity contribution is 5.86. The van der Waals surface area contributed by atoms with Crippen molar-refractivity contribution < 1.29 is 24.1 Å². The smallest absolute Gasteiger partial charge is 0.328 e. The van der Waals surface area contributed by atoms with E-state index in [1.54, 1.807) is 12.1 Å². The highest BCUT2D eigenvalue weighted by Gasteiger charge is 2.17. The summed E-state index contributed by atoms with van der Waals surface area (Å²) >= 11 is 0. The predicted octanol–water partition coefficient (Wildman–Crippen LogP) is 2.30. The van der Waals surface area contributed by atoms with Crippen molar-refractivity contribution in [3.63, 3.8) is 0 Å². The molecule has 0 amide bonds. The lowest BCUT2D eigenvalue weighted by molar-refractivity contribution is -0.131. The molecule has 96 valence electrons. The van der Waals surface area contributed by atoms with E-state index in [1.807, 2.05) is 13.8 Å². The van der Waals surface area contributed by atoms with Crippen LogP contribution in [0.3, 0.4) is 0 Å². The van der Waals surface area contributed by atoms with Crippen molar-refractivity contribution in [3.05, 3.63) is 23.8 Å². The molecule has 1 N–H and O–H groups in total. The topological polar surface area (TPSA) is 65.0 Å². The van der Waals surface area contributed by atoms with E-state index in [0.29, 0.717) is 22.8 Å². The highest BCUT2D eigenvalue weighted by atomic mass is 16.7. The molecule has 1 aliphatic rings. The van der Waals surface area contributed by atoms with E-state index in [-0.39, 0.29) is 12.9 Å². The van der Waals surface area contributed by atoms with Crippen LogP contribution in [-0.4, -0.2) is 24.0 Å². The van der Waals surface area contributed by atoms with Gasteiger partial charge in [0.2, 0.25) is 6.79 Å². The van der Waals surface area contributed by atoms with Crippen LogP contribution in [-0.2, 0) is 4.79 Å². The zero-order chi connectivity index (χ0) is 13.1. The first-order valence-corrected chi connectivity index (χ1v) is 5.57. The lowest BCUT2D eigenvalue weighted by Crippen LogP contribution is -2.06. The van der Waals surface area contributed by atoms with Crippen molar-refractivity contribution in [2.75, 3.05) is 6.79 Å². The molecule has 0 saturated heterocycles.